The molecule has 1 amide bonds. The summed E-state index contributed by atoms with van der Waals surface area (Å²) < 4.78 is 1.82. The Morgan fingerprint density at radius 3 is 2.75 bits per heavy atom. The molecule has 6 heteroatoms. The van der Waals surface area contributed by atoms with Crippen molar-refractivity contribution in [3.05, 3.63) is 30.1 Å². The van der Waals surface area contributed by atoms with Gasteiger partial charge in [0, 0.05) is 6.42 Å². The van der Waals surface area contributed by atoms with Gasteiger partial charge < -0.3 is 15.0 Å². The molecule has 1 atom stereocenters. The van der Waals surface area contributed by atoms with Crippen LogP contribution in [0, 0.1) is 0 Å². The van der Waals surface area contributed by atoms with Crippen molar-refractivity contribution in [3.8, 4) is 0 Å². The molecule has 0 bridgehead atoms. The van der Waals surface area contributed by atoms with Gasteiger partial charge in [0.15, 0.2) is 0 Å². The van der Waals surface area contributed by atoms with E-state index >= 15 is 0 Å². The molecule has 0 aliphatic carbocycles. The van der Waals surface area contributed by atoms with Crippen LogP contribution in [0.5, 0.6) is 0 Å². The molecule has 0 aliphatic heterocycles. The monoisotopic (exact) mass is 275 g/mol. The molecule has 0 aliphatic rings. The van der Waals surface area contributed by atoms with Gasteiger partial charge in [-0.25, -0.2) is 4.98 Å². The summed E-state index contributed by atoms with van der Waals surface area (Å²) in [6.07, 6.45) is 0.705. The summed E-state index contributed by atoms with van der Waals surface area (Å²) in [6.45, 7) is 3.48. The maximum Gasteiger partial charge on any atom is 0.325 e. The van der Waals surface area contributed by atoms with Crippen LogP contribution in [0.1, 0.15) is 19.7 Å². The van der Waals surface area contributed by atoms with Crippen molar-refractivity contribution in [2.24, 2.45) is 0 Å². The summed E-state index contributed by atoms with van der Waals surface area (Å²) in [5.41, 5.74) is 1.71. The number of carbonyl (C=O) groups excluding carboxylic acids is 1. The molecule has 1 heterocycles. The lowest BCUT2D eigenvalue weighted by atomic mass is 10.3. The molecule has 2 N–H and O–H groups in total. The number of aromatic nitrogens is 2. The Morgan fingerprint density at radius 2 is 2.10 bits per heavy atom. The highest BCUT2D eigenvalue weighted by Crippen LogP contribution is 2.16. The number of hydrogen-bond donors (Lipinski definition) is 2. The summed E-state index contributed by atoms with van der Waals surface area (Å²) in [7, 11) is 0. The molecule has 20 heavy (non-hydrogen) atoms. The Balaban J connectivity index is 2.24. The van der Waals surface area contributed by atoms with Gasteiger partial charge in [-0.05, 0) is 19.1 Å². The Morgan fingerprint density at radius 1 is 1.40 bits per heavy atom. The first-order valence-electron chi connectivity index (χ1n) is 6.49. The van der Waals surface area contributed by atoms with Crippen LogP contribution >= 0.6 is 0 Å². The van der Waals surface area contributed by atoms with Crippen molar-refractivity contribution in [1.29, 1.82) is 0 Å². The molecule has 0 saturated carbocycles. The highest BCUT2D eigenvalue weighted by molar-refractivity contribution is 5.85. The maximum atomic E-state index is 11.9. The van der Waals surface area contributed by atoms with Gasteiger partial charge in [0.1, 0.15) is 18.4 Å². The summed E-state index contributed by atoms with van der Waals surface area (Å²) in [5.74, 6) is -0.577. The second-order valence-electron chi connectivity index (χ2n) is 4.58. The van der Waals surface area contributed by atoms with Gasteiger partial charge >= 0.3 is 5.97 Å². The molecule has 0 saturated heterocycles. The third-order valence-corrected chi connectivity index (χ3v) is 3.10. The standard InChI is InChI=1S/C14H17N3O3/c1-3-12-16-10-6-4-5-7-11(10)17(12)8-13(18)15-9(2)14(19)20/h4-7,9H,3,8H2,1-2H3,(H,15,18)(H,19,20). The van der Waals surface area contributed by atoms with Crippen LogP contribution in [-0.2, 0) is 22.6 Å². The van der Waals surface area contributed by atoms with Crippen LogP contribution in [0.2, 0.25) is 0 Å². The molecule has 106 valence electrons. The van der Waals surface area contributed by atoms with E-state index in [1.54, 1.807) is 0 Å². The van der Waals surface area contributed by atoms with Crippen molar-refractivity contribution >= 4 is 22.9 Å². The van der Waals surface area contributed by atoms with Gasteiger partial charge in [0.25, 0.3) is 0 Å². The predicted octanol–water partition coefficient (Wildman–Crippen LogP) is 1.19. The quantitative estimate of drug-likeness (QED) is 0.858. The van der Waals surface area contributed by atoms with E-state index < -0.39 is 12.0 Å². The number of carboxylic acid groups (broad SMARTS) is 1. The zero-order chi connectivity index (χ0) is 14.7. The van der Waals surface area contributed by atoms with Gasteiger partial charge in [-0.15, -0.1) is 0 Å². The average molecular weight is 275 g/mol. The number of carboxylic acids is 1. The minimum atomic E-state index is -1.05. The van der Waals surface area contributed by atoms with E-state index in [0.717, 1.165) is 16.9 Å². The fourth-order valence-corrected chi connectivity index (χ4v) is 2.06. The van der Waals surface area contributed by atoms with Crippen molar-refractivity contribution in [2.75, 3.05) is 0 Å². The summed E-state index contributed by atoms with van der Waals surface area (Å²) in [4.78, 5) is 27.1. The molecule has 6 nitrogen and oxygen atoms in total. The van der Waals surface area contributed by atoms with E-state index in [-0.39, 0.29) is 12.5 Å². The number of nitrogens with one attached hydrogen (secondary N) is 1. The summed E-state index contributed by atoms with van der Waals surface area (Å²) in [6, 6.07) is 6.67. The second-order valence-corrected chi connectivity index (χ2v) is 4.58. The number of imidazole rings is 1. The molecule has 2 rings (SSSR count). The molecule has 1 unspecified atom stereocenters. The summed E-state index contributed by atoms with van der Waals surface area (Å²) >= 11 is 0. The van der Waals surface area contributed by atoms with Gasteiger partial charge in [-0.3, -0.25) is 9.59 Å². The molecule has 0 radical (unpaired) electrons. The lowest BCUT2D eigenvalue weighted by Crippen LogP contribution is -2.40. The fourth-order valence-electron chi connectivity index (χ4n) is 2.06. The first-order chi connectivity index (χ1) is 9.52. The second kappa shape index (κ2) is 5.73. The van der Waals surface area contributed by atoms with E-state index in [0.29, 0.717) is 6.42 Å². The highest BCUT2D eigenvalue weighted by Gasteiger charge is 2.16. The smallest absolute Gasteiger partial charge is 0.325 e. The van der Waals surface area contributed by atoms with Gasteiger partial charge in [0.2, 0.25) is 5.91 Å². The van der Waals surface area contributed by atoms with E-state index in [9.17, 15) is 9.59 Å². The minimum absolute atomic E-state index is 0.0707. The number of benzene rings is 1. The number of fused-ring (bicyclic) bond motifs is 1. The van der Waals surface area contributed by atoms with E-state index in [4.69, 9.17) is 5.11 Å². The Bertz CT molecular complexity index is 648. The number of nitrogens with zero attached hydrogens (tertiary/aromatic N) is 2. The van der Waals surface area contributed by atoms with Gasteiger partial charge in [0.05, 0.1) is 11.0 Å². The Hall–Kier alpha value is -2.37. The number of rotatable bonds is 5. The molecule has 0 spiro atoms. The summed E-state index contributed by atoms with van der Waals surface area (Å²) in [5, 5.41) is 11.2. The third kappa shape index (κ3) is 2.79. The van der Waals surface area contributed by atoms with Crippen LogP contribution < -0.4 is 5.32 Å². The fraction of sp³-hybridized carbons (Fsp3) is 0.357. The lowest BCUT2D eigenvalue weighted by molar-refractivity contribution is -0.141. The van der Waals surface area contributed by atoms with Crippen molar-refractivity contribution < 1.29 is 14.7 Å². The average Bonchev–Trinajstić information content (AvgIpc) is 2.76. The van der Waals surface area contributed by atoms with Crippen molar-refractivity contribution in [1.82, 2.24) is 14.9 Å². The lowest BCUT2D eigenvalue weighted by Gasteiger charge is -2.11. The highest BCUT2D eigenvalue weighted by atomic mass is 16.4. The first-order valence-corrected chi connectivity index (χ1v) is 6.49. The number of aryl methyl sites for hydroxylation is 1. The number of amides is 1. The molecule has 1 aromatic heterocycles. The minimum Gasteiger partial charge on any atom is -0.480 e. The number of hydrogen-bond acceptors (Lipinski definition) is 3. The SMILES string of the molecule is CCc1nc2ccccc2n1CC(=O)NC(C)C(=O)O. The Kier molecular flexibility index (Phi) is 4.02. The third-order valence-electron chi connectivity index (χ3n) is 3.10. The number of para-hydroxylation sites is 2. The van der Waals surface area contributed by atoms with Crippen LogP contribution in [0.25, 0.3) is 11.0 Å². The van der Waals surface area contributed by atoms with Crippen LogP contribution in [0.15, 0.2) is 24.3 Å². The van der Waals surface area contributed by atoms with Crippen LogP contribution in [-0.4, -0.2) is 32.6 Å². The molecule has 0 fully saturated rings. The van der Waals surface area contributed by atoms with Crippen LogP contribution in [0.3, 0.4) is 0 Å². The molecule has 1 aromatic carbocycles. The van der Waals surface area contributed by atoms with E-state index in [1.165, 1.54) is 6.92 Å². The van der Waals surface area contributed by atoms with E-state index in [1.807, 2.05) is 35.8 Å². The zero-order valence-electron chi connectivity index (χ0n) is 11.5. The van der Waals surface area contributed by atoms with Crippen LogP contribution in [0.4, 0.5) is 0 Å². The first kappa shape index (κ1) is 14.0. The molecular formula is C14H17N3O3. The van der Waals surface area contributed by atoms with Crippen molar-refractivity contribution in [2.45, 2.75) is 32.9 Å². The number of aliphatic carboxylic acids is 1. The van der Waals surface area contributed by atoms with Crippen molar-refractivity contribution in [3.63, 3.8) is 0 Å². The topological polar surface area (TPSA) is 84.2 Å². The largest absolute Gasteiger partial charge is 0.480 e. The maximum absolute atomic E-state index is 11.9. The van der Waals surface area contributed by atoms with Gasteiger partial charge in [-0.2, -0.15) is 0 Å². The molecular weight excluding hydrogens is 258 g/mol. The predicted molar refractivity (Wildman–Crippen MR) is 74.4 cm³/mol. The van der Waals surface area contributed by atoms with Gasteiger partial charge in [-0.1, -0.05) is 19.1 Å². The number of carbonyl (C=O) groups is 2. The van der Waals surface area contributed by atoms with E-state index in [2.05, 4.69) is 10.3 Å². The Labute approximate surface area is 116 Å². The molecule has 2 aromatic rings. The normalized spacial score (nSPS) is 12.3. The zero-order valence-corrected chi connectivity index (χ0v) is 11.5.